The van der Waals surface area contributed by atoms with E-state index in [0.717, 1.165) is 4.88 Å². The Kier molecular flexibility index (Phi) is 4.16. The molecular formula is C15H18N4O3S. The molecule has 1 aliphatic heterocycles. The largest absolute Gasteiger partial charge is 0.436 e. The van der Waals surface area contributed by atoms with Gasteiger partial charge in [0.05, 0.1) is 18.0 Å². The topological polar surface area (TPSA) is 79.5 Å². The van der Waals surface area contributed by atoms with Crippen molar-refractivity contribution in [1.82, 2.24) is 19.2 Å². The van der Waals surface area contributed by atoms with Gasteiger partial charge in [-0.25, -0.2) is 9.36 Å². The van der Waals surface area contributed by atoms with Crippen molar-refractivity contribution >= 4 is 23.3 Å². The molecule has 0 saturated carbocycles. The van der Waals surface area contributed by atoms with Gasteiger partial charge >= 0.3 is 0 Å². The first-order valence-electron chi connectivity index (χ1n) is 7.41. The number of hydrogen-bond acceptors (Lipinski definition) is 6. The summed E-state index contributed by atoms with van der Waals surface area (Å²) in [5, 5.41) is 0. The summed E-state index contributed by atoms with van der Waals surface area (Å²) in [5.41, 5.74) is 0.646. The monoisotopic (exact) mass is 334 g/mol. The molecule has 7 nitrogen and oxygen atoms in total. The fourth-order valence-corrected chi connectivity index (χ4v) is 3.27. The van der Waals surface area contributed by atoms with Crippen LogP contribution in [0.25, 0.3) is 0 Å². The Bertz CT molecular complexity index is 739. The van der Waals surface area contributed by atoms with Crippen LogP contribution in [0.2, 0.25) is 0 Å². The van der Waals surface area contributed by atoms with Crippen LogP contribution >= 0.6 is 11.5 Å². The summed E-state index contributed by atoms with van der Waals surface area (Å²) in [6.07, 6.45) is 3.06. The third-order valence-electron chi connectivity index (χ3n) is 3.99. The average Bonchev–Trinajstić information content (AvgIpc) is 3.14. The van der Waals surface area contributed by atoms with Crippen molar-refractivity contribution in [1.29, 1.82) is 0 Å². The van der Waals surface area contributed by atoms with Crippen LogP contribution in [0.3, 0.4) is 0 Å². The minimum absolute atomic E-state index is 0.0219. The first kappa shape index (κ1) is 15.7. The van der Waals surface area contributed by atoms with Crippen molar-refractivity contribution in [2.45, 2.75) is 26.8 Å². The zero-order valence-electron chi connectivity index (χ0n) is 13.3. The van der Waals surface area contributed by atoms with Crippen LogP contribution in [-0.4, -0.2) is 56.6 Å². The van der Waals surface area contributed by atoms with E-state index in [-0.39, 0.29) is 23.6 Å². The SMILES string of the molecule is Cc1ncc(C(=O)N2CCN(C(=O)c3cnsc3C)[C@H](C)C2)o1. The maximum absolute atomic E-state index is 12.6. The number of amides is 2. The number of rotatable bonds is 2. The molecule has 0 spiro atoms. The van der Waals surface area contributed by atoms with Gasteiger partial charge in [0.15, 0.2) is 5.89 Å². The van der Waals surface area contributed by atoms with E-state index in [1.807, 2.05) is 13.8 Å². The quantitative estimate of drug-likeness (QED) is 0.836. The molecule has 0 aromatic carbocycles. The maximum Gasteiger partial charge on any atom is 0.291 e. The van der Waals surface area contributed by atoms with Gasteiger partial charge in [0.1, 0.15) is 0 Å². The second-order valence-corrected chi connectivity index (χ2v) is 6.64. The van der Waals surface area contributed by atoms with Gasteiger partial charge in [0.2, 0.25) is 5.76 Å². The van der Waals surface area contributed by atoms with E-state index in [1.165, 1.54) is 17.7 Å². The Morgan fingerprint density at radius 2 is 2.04 bits per heavy atom. The molecule has 1 aliphatic rings. The fourth-order valence-electron chi connectivity index (χ4n) is 2.72. The molecule has 3 rings (SSSR count). The van der Waals surface area contributed by atoms with E-state index in [1.54, 1.807) is 22.9 Å². The lowest BCUT2D eigenvalue weighted by Crippen LogP contribution is -2.55. The normalized spacial score (nSPS) is 18.3. The van der Waals surface area contributed by atoms with Crippen molar-refractivity contribution in [2.75, 3.05) is 19.6 Å². The van der Waals surface area contributed by atoms with Crippen LogP contribution in [0.15, 0.2) is 16.8 Å². The smallest absolute Gasteiger partial charge is 0.291 e. The number of oxazole rings is 1. The number of nitrogens with zero attached hydrogens (tertiary/aromatic N) is 4. The van der Waals surface area contributed by atoms with Crippen LogP contribution in [0.5, 0.6) is 0 Å². The highest BCUT2D eigenvalue weighted by atomic mass is 32.1. The molecule has 0 N–H and O–H groups in total. The summed E-state index contributed by atoms with van der Waals surface area (Å²) in [7, 11) is 0. The molecule has 0 aliphatic carbocycles. The molecule has 1 fully saturated rings. The van der Waals surface area contributed by atoms with Gasteiger partial charge in [-0.15, -0.1) is 0 Å². The number of carbonyl (C=O) groups excluding carboxylic acids is 2. The van der Waals surface area contributed by atoms with E-state index < -0.39 is 0 Å². The van der Waals surface area contributed by atoms with Crippen molar-refractivity contribution in [3.8, 4) is 0 Å². The Labute approximate surface area is 138 Å². The number of aromatic nitrogens is 2. The number of carbonyl (C=O) groups is 2. The summed E-state index contributed by atoms with van der Waals surface area (Å²) < 4.78 is 9.35. The molecular weight excluding hydrogens is 316 g/mol. The minimum atomic E-state index is -0.182. The predicted octanol–water partition coefficient (Wildman–Crippen LogP) is 1.73. The molecule has 23 heavy (non-hydrogen) atoms. The number of aryl methyl sites for hydroxylation is 2. The van der Waals surface area contributed by atoms with Gasteiger partial charge in [-0.1, -0.05) is 0 Å². The lowest BCUT2D eigenvalue weighted by Gasteiger charge is -2.39. The highest BCUT2D eigenvalue weighted by molar-refractivity contribution is 7.06. The Morgan fingerprint density at radius 1 is 1.26 bits per heavy atom. The fraction of sp³-hybridized carbons (Fsp3) is 0.467. The Balaban J connectivity index is 1.69. The van der Waals surface area contributed by atoms with Crippen LogP contribution < -0.4 is 0 Å². The van der Waals surface area contributed by atoms with Crippen molar-refractivity contribution in [3.63, 3.8) is 0 Å². The van der Waals surface area contributed by atoms with E-state index in [2.05, 4.69) is 9.36 Å². The molecule has 2 aromatic heterocycles. The van der Waals surface area contributed by atoms with E-state index in [9.17, 15) is 9.59 Å². The Hall–Kier alpha value is -2.22. The van der Waals surface area contributed by atoms with Crippen LogP contribution in [0.1, 0.15) is 38.6 Å². The predicted molar refractivity (Wildman–Crippen MR) is 84.5 cm³/mol. The van der Waals surface area contributed by atoms with Gasteiger partial charge in [-0.3, -0.25) is 9.59 Å². The number of piperazine rings is 1. The number of hydrogen-bond donors (Lipinski definition) is 0. The molecule has 2 aromatic rings. The molecule has 2 amide bonds. The lowest BCUT2D eigenvalue weighted by molar-refractivity contribution is 0.0398. The zero-order valence-corrected chi connectivity index (χ0v) is 14.1. The maximum atomic E-state index is 12.6. The summed E-state index contributed by atoms with van der Waals surface area (Å²) in [5.74, 6) is 0.507. The summed E-state index contributed by atoms with van der Waals surface area (Å²) >= 11 is 1.32. The van der Waals surface area contributed by atoms with Gasteiger partial charge in [-0.2, -0.15) is 0 Å². The van der Waals surface area contributed by atoms with Gasteiger partial charge in [0, 0.05) is 37.5 Å². The molecule has 0 bridgehead atoms. The third-order valence-corrected chi connectivity index (χ3v) is 4.69. The van der Waals surface area contributed by atoms with Crippen LogP contribution in [0, 0.1) is 13.8 Å². The first-order valence-corrected chi connectivity index (χ1v) is 8.18. The van der Waals surface area contributed by atoms with Crippen LogP contribution in [0.4, 0.5) is 0 Å². The van der Waals surface area contributed by atoms with E-state index in [0.29, 0.717) is 31.1 Å². The first-order chi connectivity index (χ1) is 11.0. The molecule has 1 atom stereocenters. The highest BCUT2D eigenvalue weighted by Crippen LogP contribution is 2.19. The van der Waals surface area contributed by atoms with E-state index in [4.69, 9.17) is 4.42 Å². The van der Waals surface area contributed by atoms with E-state index >= 15 is 0 Å². The van der Waals surface area contributed by atoms with Gasteiger partial charge < -0.3 is 14.2 Å². The molecule has 1 saturated heterocycles. The Morgan fingerprint density at radius 3 is 2.61 bits per heavy atom. The van der Waals surface area contributed by atoms with Crippen molar-refractivity contribution in [3.05, 3.63) is 34.5 Å². The average molecular weight is 334 g/mol. The molecule has 0 radical (unpaired) electrons. The summed E-state index contributed by atoms with van der Waals surface area (Å²) in [6.45, 7) is 6.98. The second-order valence-electron chi connectivity index (χ2n) is 5.64. The second kappa shape index (κ2) is 6.11. The molecule has 8 heteroatoms. The summed E-state index contributed by atoms with van der Waals surface area (Å²) in [6, 6.07) is -0.0662. The molecule has 3 heterocycles. The molecule has 0 unspecified atom stereocenters. The molecule has 122 valence electrons. The minimum Gasteiger partial charge on any atom is -0.436 e. The van der Waals surface area contributed by atoms with Gasteiger partial charge in [0.25, 0.3) is 11.8 Å². The van der Waals surface area contributed by atoms with Crippen molar-refractivity contribution < 1.29 is 14.0 Å². The van der Waals surface area contributed by atoms with Crippen molar-refractivity contribution in [2.24, 2.45) is 0 Å². The highest BCUT2D eigenvalue weighted by Gasteiger charge is 2.32. The lowest BCUT2D eigenvalue weighted by atomic mass is 10.1. The summed E-state index contributed by atoms with van der Waals surface area (Å²) in [4.78, 5) is 33.4. The standard InChI is InChI=1S/C15H18N4O3S/c1-9-8-18(15(21)13-7-16-11(3)22-13)4-5-19(9)14(20)12-6-17-23-10(12)2/h6-7,9H,4-5,8H2,1-3H3/t9-/m1/s1. The van der Waals surface area contributed by atoms with Crippen LogP contribution in [-0.2, 0) is 0 Å². The van der Waals surface area contributed by atoms with Gasteiger partial charge in [-0.05, 0) is 25.4 Å². The third kappa shape index (κ3) is 2.98. The zero-order chi connectivity index (χ0) is 16.6.